The van der Waals surface area contributed by atoms with E-state index in [4.69, 9.17) is 5.26 Å². The lowest BCUT2D eigenvalue weighted by Crippen LogP contribution is -2.30. The van der Waals surface area contributed by atoms with Crippen molar-refractivity contribution in [3.8, 4) is 6.07 Å². The van der Waals surface area contributed by atoms with Gasteiger partial charge in [-0.15, -0.1) is 6.58 Å². The molecule has 0 bridgehead atoms. The molecule has 26 heavy (non-hydrogen) atoms. The van der Waals surface area contributed by atoms with Gasteiger partial charge in [0.05, 0.1) is 22.7 Å². The van der Waals surface area contributed by atoms with Gasteiger partial charge in [-0.3, -0.25) is 4.79 Å². The van der Waals surface area contributed by atoms with Crippen LogP contribution in [-0.2, 0) is 13.6 Å². The number of rotatable bonds is 5. The monoisotopic (exact) mass is 344 g/mol. The van der Waals surface area contributed by atoms with E-state index in [-0.39, 0.29) is 5.91 Å². The van der Waals surface area contributed by atoms with E-state index < -0.39 is 0 Å². The maximum absolute atomic E-state index is 13.0. The Hall–Kier alpha value is -3.39. The van der Waals surface area contributed by atoms with Crippen molar-refractivity contribution >= 4 is 16.9 Å². The first-order valence-corrected chi connectivity index (χ1v) is 8.35. The number of fused-ring (bicyclic) bond motifs is 1. The largest absolute Gasteiger partial charge is 0.331 e. The molecule has 0 fully saturated rings. The zero-order valence-electron chi connectivity index (χ0n) is 14.9. The Labute approximate surface area is 152 Å². The molecule has 1 amide bonds. The van der Waals surface area contributed by atoms with Gasteiger partial charge in [0, 0.05) is 25.7 Å². The SMILES string of the molecule is C=CCN(Cc1cccc(C#N)c1)C(=O)c1ccc2nc(C)n(C)c2c1. The van der Waals surface area contributed by atoms with Crippen molar-refractivity contribution in [2.75, 3.05) is 6.54 Å². The first-order chi connectivity index (χ1) is 12.5. The Morgan fingerprint density at radius 2 is 2.15 bits per heavy atom. The summed E-state index contributed by atoms with van der Waals surface area (Å²) in [6, 6.07) is 15.0. The van der Waals surface area contributed by atoms with Gasteiger partial charge in [-0.2, -0.15) is 5.26 Å². The number of imidazole rings is 1. The van der Waals surface area contributed by atoms with Crippen LogP contribution in [-0.4, -0.2) is 26.9 Å². The number of hydrogen-bond acceptors (Lipinski definition) is 3. The predicted molar refractivity (Wildman–Crippen MR) is 102 cm³/mol. The number of nitriles is 1. The van der Waals surface area contributed by atoms with Crippen LogP contribution in [0.1, 0.15) is 27.3 Å². The lowest BCUT2D eigenvalue weighted by atomic mass is 10.1. The molecule has 0 N–H and O–H groups in total. The van der Waals surface area contributed by atoms with Gasteiger partial charge in [-0.25, -0.2) is 4.98 Å². The van der Waals surface area contributed by atoms with E-state index in [1.165, 1.54) is 0 Å². The van der Waals surface area contributed by atoms with E-state index in [1.807, 2.05) is 42.8 Å². The molecular weight excluding hydrogens is 324 g/mol. The summed E-state index contributed by atoms with van der Waals surface area (Å²) >= 11 is 0. The van der Waals surface area contributed by atoms with E-state index in [1.54, 1.807) is 29.2 Å². The summed E-state index contributed by atoms with van der Waals surface area (Å²) in [6.45, 7) is 6.55. The molecule has 2 aromatic carbocycles. The second-order valence-electron chi connectivity index (χ2n) is 6.21. The summed E-state index contributed by atoms with van der Waals surface area (Å²) in [7, 11) is 1.94. The van der Waals surface area contributed by atoms with Crippen LogP contribution in [0, 0.1) is 18.3 Å². The number of benzene rings is 2. The molecule has 0 saturated carbocycles. The standard InChI is InChI=1S/C21H20N4O/c1-4-10-25(14-17-7-5-6-16(11-17)13-22)21(26)18-8-9-19-20(12-18)24(3)15(2)23-19/h4-9,11-12H,1,10,14H2,2-3H3. The quantitative estimate of drug-likeness (QED) is 0.665. The molecule has 0 aliphatic rings. The second-order valence-corrected chi connectivity index (χ2v) is 6.21. The number of nitrogens with zero attached hydrogens (tertiary/aromatic N) is 4. The van der Waals surface area contributed by atoms with Gasteiger partial charge < -0.3 is 9.47 Å². The summed E-state index contributed by atoms with van der Waals surface area (Å²) in [5.41, 5.74) is 3.91. The molecule has 5 heteroatoms. The van der Waals surface area contributed by atoms with Crippen LogP contribution in [0.4, 0.5) is 0 Å². The fraction of sp³-hybridized carbons (Fsp3) is 0.190. The molecule has 3 aromatic rings. The van der Waals surface area contributed by atoms with E-state index in [2.05, 4.69) is 17.6 Å². The normalized spacial score (nSPS) is 10.5. The van der Waals surface area contributed by atoms with Crippen molar-refractivity contribution in [3.63, 3.8) is 0 Å². The summed E-state index contributed by atoms with van der Waals surface area (Å²) in [4.78, 5) is 19.2. The summed E-state index contributed by atoms with van der Waals surface area (Å²) < 4.78 is 1.97. The minimum Gasteiger partial charge on any atom is -0.331 e. The Morgan fingerprint density at radius 1 is 1.35 bits per heavy atom. The maximum Gasteiger partial charge on any atom is 0.254 e. The average molecular weight is 344 g/mol. The minimum absolute atomic E-state index is 0.0759. The van der Waals surface area contributed by atoms with Gasteiger partial charge in [0.1, 0.15) is 5.82 Å². The Kier molecular flexibility index (Phi) is 4.85. The number of carbonyl (C=O) groups excluding carboxylic acids is 1. The highest BCUT2D eigenvalue weighted by Crippen LogP contribution is 2.19. The highest BCUT2D eigenvalue weighted by Gasteiger charge is 2.17. The van der Waals surface area contributed by atoms with E-state index in [0.717, 1.165) is 22.4 Å². The van der Waals surface area contributed by atoms with Gasteiger partial charge in [0.25, 0.3) is 5.91 Å². The lowest BCUT2D eigenvalue weighted by Gasteiger charge is -2.21. The first kappa shape index (κ1) is 17.4. The van der Waals surface area contributed by atoms with Gasteiger partial charge in [-0.05, 0) is 42.8 Å². The molecule has 0 aliphatic carbocycles. The van der Waals surface area contributed by atoms with Crippen LogP contribution in [0.15, 0.2) is 55.1 Å². The highest BCUT2D eigenvalue weighted by atomic mass is 16.2. The van der Waals surface area contributed by atoms with Crippen LogP contribution in [0.25, 0.3) is 11.0 Å². The molecule has 0 unspecified atom stereocenters. The molecule has 1 heterocycles. The number of aromatic nitrogens is 2. The number of amides is 1. The molecule has 0 aliphatic heterocycles. The fourth-order valence-electron chi connectivity index (χ4n) is 2.96. The third-order valence-electron chi connectivity index (χ3n) is 4.42. The average Bonchev–Trinajstić information content (AvgIpc) is 2.94. The summed E-state index contributed by atoms with van der Waals surface area (Å²) in [5.74, 6) is 0.828. The molecule has 0 saturated heterocycles. The van der Waals surface area contributed by atoms with E-state index in [9.17, 15) is 4.79 Å². The summed E-state index contributed by atoms with van der Waals surface area (Å²) in [6.07, 6.45) is 1.71. The van der Waals surface area contributed by atoms with Crippen molar-refractivity contribution in [3.05, 3.63) is 77.6 Å². The van der Waals surface area contributed by atoms with Crippen LogP contribution in [0.3, 0.4) is 0 Å². The molecule has 0 atom stereocenters. The molecule has 0 radical (unpaired) electrons. The molecular formula is C21H20N4O. The Bertz CT molecular complexity index is 1030. The van der Waals surface area contributed by atoms with Crippen LogP contribution < -0.4 is 0 Å². The number of carbonyl (C=O) groups is 1. The molecule has 1 aromatic heterocycles. The minimum atomic E-state index is -0.0759. The van der Waals surface area contributed by atoms with Crippen LogP contribution in [0.5, 0.6) is 0 Å². The van der Waals surface area contributed by atoms with Crippen molar-refractivity contribution in [2.24, 2.45) is 7.05 Å². The molecule has 130 valence electrons. The van der Waals surface area contributed by atoms with Gasteiger partial charge in [0.15, 0.2) is 0 Å². The van der Waals surface area contributed by atoms with Gasteiger partial charge in [0.2, 0.25) is 0 Å². The third kappa shape index (κ3) is 3.35. The first-order valence-electron chi connectivity index (χ1n) is 8.35. The molecule has 3 rings (SSSR count). The van der Waals surface area contributed by atoms with Crippen molar-refractivity contribution in [2.45, 2.75) is 13.5 Å². The third-order valence-corrected chi connectivity index (χ3v) is 4.42. The van der Waals surface area contributed by atoms with E-state index >= 15 is 0 Å². The number of hydrogen-bond donors (Lipinski definition) is 0. The van der Waals surface area contributed by atoms with Crippen molar-refractivity contribution in [1.29, 1.82) is 5.26 Å². The van der Waals surface area contributed by atoms with E-state index in [0.29, 0.717) is 24.2 Å². The Morgan fingerprint density at radius 3 is 2.88 bits per heavy atom. The zero-order valence-corrected chi connectivity index (χ0v) is 14.9. The second kappa shape index (κ2) is 7.24. The smallest absolute Gasteiger partial charge is 0.254 e. The van der Waals surface area contributed by atoms with Gasteiger partial charge >= 0.3 is 0 Å². The lowest BCUT2D eigenvalue weighted by molar-refractivity contribution is 0.0763. The Balaban J connectivity index is 1.92. The highest BCUT2D eigenvalue weighted by molar-refractivity contribution is 5.97. The number of aryl methyl sites for hydroxylation is 2. The fourth-order valence-corrected chi connectivity index (χ4v) is 2.96. The van der Waals surface area contributed by atoms with Crippen LogP contribution in [0.2, 0.25) is 0 Å². The van der Waals surface area contributed by atoms with Gasteiger partial charge in [-0.1, -0.05) is 18.2 Å². The topological polar surface area (TPSA) is 61.9 Å². The molecule has 0 spiro atoms. The maximum atomic E-state index is 13.0. The predicted octanol–water partition coefficient (Wildman–Crippen LogP) is 3.58. The zero-order chi connectivity index (χ0) is 18.7. The molecule has 5 nitrogen and oxygen atoms in total. The van der Waals surface area contributed by atoms with Crippen molar-refractivity contribution < 1.29 is 4.79 Å². The van der Waals surface area contributed by atoms with Crippen molar-refractivity contribution in [1.82, 2.24) is 14.5 Å². The summed E-state index contributed by atoms with van der Waals surface area (Å²) in [5, 5.41) is 9.06. The van der Waals surface area contributed by atoms with Crippen LogP contribution >= 0.6 is 0 Å².